The first-order valence-electron chi connectivity index (χ1n) is 9.20. The van der Waals surface area contributed by atoms with Gasteiger partial charge in [-0.05, 0) is 24.3 Å². The van der Waals surface area contributed by atoms with Crippen LogP contribution in [0, 0.1) is 0 Å². The number of rotatable bonds is 7. The van der Waals surface area contributed by atoms with Gasteiger partial charge in [-0.3, -0.25) is 4.79 Å². The maximum absolute atomic E-state index is 10.9. The van der Waals surface area contributed by atoms with Crippen molar-refractivity contribution in [3.63, 3.8) is 0 Å². The van der Waals surface area contributed by atoms with E-state index in [0.29, 0.717) is 11.4 Å². The highest BCUT2D eigenvalue weighted by Gasteiger charge is 2.06. The minimum Gasteiger partial charge on any atom is -0.491 e. The standard InChI is InChI=1S/C14H22N2O3/c1-10(2)15-8-13(18)9-19-14-6-4-12(5-7-14)16-11(3)17/h4-7,10,13,15,18H,8-9H2,1-3H3,(H,16,17)/i1D3,2D3,10D. The molecule has 1 aromatic carbocycles. The van der Waals surface area contributed by atoms with E-state index < -0.39 is 32.4 Å². The van der Waals surface area contributed by atoms with E-state index in [1.807, 2.05) is 0 Å². The smallest absolute Gasteiger partial charge is 0.221 e. The number of amides is 1. The number of aliphatic hydroxyl groups is 1. The summed E-state index contributed by atoms with van der Waals surface area (Å²) in [6.45, 7) is -5.55. The molecule has 0 aliphatic heterocycles. The number of carbonyl (C=O) groups excluding carboxylic acids is 1. The zero-order valence-corrected chi connectivity index (χ0v) is 10.6. The fourth-order valence-corrected chi connectivity index (χ4v) is 1.31. The molecule has 0 radical (unpaired) electrons. The monoisotopic (exact) mass is 273 g/mol. The molecular formula is C14H22N2O3. The number of hydrogen-bond donors (Lipinski definition) is 3. The van der Waals surface area contributed by atoms with Gasteiger partial charge in [0.15, 0.2) is 0 Å². The van der Waals surface area contributed by atoms with E-state index in [9.17, 15) is 9.90 Å². The van der Waals surface area contributed by atoms with Gasteiger partial charge in [0.25, 0.3) is 0 Å². The highest BCUT2D eigenvalue weighted by Crippen LogP contribution is 2.15. The second kappa shape index (κ2) is 7.76. The Morgan fingerprint density at radius 3 is 2.74 bits per heavy atom. The summed E-state index contributed by atoms with van der Waals surface area (Å²) in [6, 6.07) is 3.41. The largest absolute Gasteiger partial charge is 0.491 e. The van der Waals surface area contributed by atoms with Crippen LogP contribution >= 0.6 is 0 Å². The van der Waals surface area contributed by atoms with Gasteiger partial charge in [-0.25, -0.2) is 0 Å². The Balaban J connectivity index is 2.58. The molecule has 5 heteroatoms. The minimum absolute atomic E-state index is 0.220. The van der Waals surface area contributed by atoms with E-state index in [4.69, 9.17) is 14.3 Å². The van der Waals surface area contributed by atoms with E-state index >= 15 is 0 Å². The molecule has 0 heterocycles. The molecule has 1 aromatic rings. The predicted octanol–water partition coefficient (Wildman–Crippen LogP) is 1.38. The van der Waals surface area contributed by atoms with Crippen LogP contribution < -0.4 is 15.4 Å². The van der Waals surface area contributed by atoms with Crippen molar-refractivity contribution in [2.45, 2.75) is 32.7 Å². The molecule has 1 amide bonds. The highest BCUT2D eigenvalue weighted by atomic mass is 16.5. The van der Waals surface area contributed by atoms with Crippen molar-refractivity contribution in [3.05, 3.63) is 24.3 Å². The third-order valence-electron chi connectivity index (χ3n) is 2.13. The van der Waals surface area contributed by atoms with E-state index in [1.54, 1.807) is 24.3 Å². The molecule has 0 aliphatic rings. The van der Waals surface area contributed by atoms with Crippen molar-refractivity contribution >= 4 is 11.6 Å². The van der Waals surface area contributed by atoms with Gasteiger partial charge in [0.05, 0.1) is 0 Å². The molecule has 0 bridgehead atoms. The van der Waals surface area contributed by atoms with E-state index in [-0.39, 0.29) is 12.5 Å². The number of anilines is 1. The Morgan fingerprint density at radius 1 is 1.47 bits per heavy atom. The lowest BCUT2D eigenvalue weighted by Gasteiger charge is -2.15. The number of carbonyl (C=O) groups is 1. The average molecular weight is 273 g/mol. The Bertz CT molecular complexity index is 588. The quantitative estimate of drug-likeness (QED) is 0.702. The van der Waals surface area contributed by atoms with Crippen LogP contribution in [0.1, 0.15) is 30.2 Å². The van der Waals surface area contributed by atoms with E-state index in [0.717, 1.165) is 0 Å². The van der Waals surface area contributed by atoms with Crippen LogP contribution in [0.3, 0.4) is 0 Å². The maximum atomic E-state index is 10.9. The van der Waals surface area contributed by atoms with Crippen LogP contribution in [-0.4, -0.2) is 36.3 Å². The summed E-state index contributed by atoms with van der Waals surface area (Å²) in [4.78, 5) is 10.9. The summed E-state index contributed by atoms with van der Waals surface area (Å²) in [5.41, 5.74) is 0.571. The fraction of sp³-hybridized carbons (Fsp3) is 0.500. The predicted molar refractivity (Wildman–Crippen MR) is 75.4 cm³/mol. The summed E-state index contributed by atoms with van der Waals surface area (Å²) in [6.07, 6.45) is -1.24. The topological polar surface area (TPSA) is 70.6 Å². The van der Waals surface area contributed by atoms with E-state index in [1.165, 1.54) is 6.92 Å². The van der Waals surface area contributed by atoms with Crippen LogP contribution in [0.25, 0.3) is 0 Å². The second-order valence-corrected chi connectivity index (χ2v) is 3.93. The normalized spacial score (nSPS) is 19.6. The van der Waals surface area contributed by atoms with Crippen molar-refractivity contribution in [2.24, 2.45) is 0 Å². The van der Waals surface area contributed by atoms with Gasteiger partial charge in [-0.1, -0.05) is 13.7 Å². The SMILES string of the molecule is [2H]C([2H])([2H])C([2H])(NCC(O)COc1ccc(NC(C)=O)cc1)C([2H])([2H])[2H]. The summed E-state index contributed by atoms with van der Waals surface area (Å²) in [5.74, 6) is 0.171. The Labute approximate surface area is 123 Å². The lowest BCUT2D eigenvalue weighted by atomic mass is 10.3. The molecular weight excluding hydrogens is 244 g/mol. The zero-order valence-electron chi connectivity index (χ0n) is 17.6. The first kappa shape index (κ1) is 7.87. The first-order valence-corrected chi connectivity index (χ1v) is 5.70. The number of hydrogen-bond acceptors (Lipinski definition) is 4. The molecule has 5 nitrogen and oxygen atoms in total. The minimum atomic E-state index is -3.11. The van der Waals surface area contributed by atoms with Gasteiger partial charge in [-0.15, -0.1) is 0 Å². The summed E-state index contributed by atoms with van der Waals surface area (Å²) < 4.78 is 56.7. The number of aliphatic hydroxyl groups excluding tert-OH is 1. The Kier molecular flexibility index (Phi) is 3.21. The van der Waals surface area contributed by atoms with Crippen molar-refractivity contribution in [2.75, 3.05) is 18.5 Å². The molecule has 0 aliphatic carbocycles. The van der Waals surface area contributed by atoms with Crippen LogP contribution in [0.5, 0.6) is 5.75 Å². The Morgan fingerprint density at radius 2 is 2.16 bits per heavy atom. The van der Waals surface area contributed by atoms with Crippen LogP contribution in [0.4, 0.5) is 5.69 Å². The highest BCUT2D eigenvalue weighted by molar-refractivity contribution is 5.88. The molecule has 19 heavy (non-hydrogen) atoms. The summed E-state index contributed by atoms with van der Waals surface area (Å²) in [5, 5.41) is 14.6. The van der Waals surface area contributed by atoms with Gasteiger partial charge in [0.2, 0.25) is 5.91 Å². The molecule has 0 spiro atoms. The van der Waals surface area contributed by atoms with Crippen LogP contribution in [0.2, 0.25) is 0 Å². The molecule has 0 saturated heterocycles. The van der Waals surface area contributed by atoms with Crippen LogP contribution in [-0.2, 0) is 4.79 Å². The molecule has 0 saturated carbocycles. The lowest BCUT2D eigenvalue weighted by molar-refractivity contribution is -0.114. The van der Waals surface area contributed by atoms with E-state index in [2.05, 4.69) is 10.6 Å². The molecule has 1 unspecified atom stereocenters. The van der Waals surface area contributed by atoms with Crippen molar-refractivity contribution in [3.8, 4) is 5.75 Å². The van der Waals surface area contributed by atoms with Crippen molar-refractivity contribution in [1.29, 1.82) is 0 Å². The molecule has 3 N–H and O–H groups in total. The maximum Gasteiger partial charge on any atom is 0.221 e. The second-order valence-electron chi connectivity index (χ2n) is 3.93. The third-order valence-corrected chi connectivity index (χ3v) is 2.13. The molecule has 106 valence electrons. The average Bonchev–Trinajstić information content (AvgIpc) is 2.49. The van der Waals surface area contributed by atoms with Gasteiger partial charge in [-0.2, -0.15) is 0 Å². The number of benzene rings is 1. The molecule has 0 aromatic heterocycles. The number of ether oxygens (including phenoxy) is 1. The van der Waals surface area contributed by atoms with Gasteiger partial charge in [0, 0.05) is 34.8 Å². The van der Waals surface area contributed by atoms with Crippen molar-refractivity contribution in [1.82, 2.24) is 5.32 Å². The lowest BCUT2D eigenvalue weighted by Crippen LogP contribution is -2.35. The molecule has 1 atom stereocenters. The van der Waals surface area contributed by atoms with Gasteiger partial charge >= 0.3 is 0 Å². The summed E-state index contributed by atoms with van der Waals surface area (Å²) in [7, 11) is 0. The fourth-order valence-electron chi connectivity index (χ4n) is 1.31. The molecule has 1 rings (SSSR count). The zero-order chi connectivity index (χ0) is 20.2. The van der Waals surface area contributed by atoms with Gasteiger partial charge < -0.3 is 20.5 Å². The van der Waals surface area contributed by atoms with Crippen molar-refractivity contribution < 1.29 is 24.2 Å². The molecule has 0 fully saturated rings. The third kappa shape index (κ3) is 6.79. The number of nitrogens with one attached hydrogen (secondary N) is 2. The van der Waals surface area contributed by atoms with Crippen LogP contribution in [0.15, 0.2) is 24.3 Å². The first-order chi connectivity index (χ1) is 11.8. The van der Waals surface area contributed by atoms with Gasteiger partial charge in [0.1, 0.15) is 18.5 Å². The Hall–Kier alpha value is -1.59. The summed E-state index contributed by atoms with van der Waals surface area (Å²) >= 11 is 0.